The van der Waals surface area contributed by atoms with Gasteiger partial charge in [-0.25, -0.2) is 0 Å². The molecule has 0 bridgehead atoms. The van der Waals surface area contributed by atoms with E-state index in [1.807, 2.05) is 35.9 Å². The second-order valence-corrected chi connectivity index (χ2v) is 6.17. The van der Waals surface area contributed by atoms with Gasteiger partial charge in [0, 0.05) is 18.7 Å². The number of hydrogen-bond acceptors (Lipinski definition) is 5. The summed E-state index contributed by atoms with van der Waals surface area (Å²) in [7, 11) is 3.53. The Bertz CT molecular complexity index is 682. The Hall–Kier alpha value is -2.02. The second kappa shape index (κ2) is 6.39. The van der Waals surface area contributed by atoms with Gasteiger partial charge in [0.25, 0.3) is 0 Å². The molecule has 22 heavy (non-hydrogen) atoms. The molecule has 1 heterocycles. The minimum atomic E-state index is 0.0541. The first-order valence-corrected chi connectivity index (χ1v) is 8.12. The summed E-state index contributed by atoms with van der Waals surface area (Å²) in [6.45, 7) is 0. The molecular weight excluding hydrogens is 300 g/mol. The number of aromatic nitrogens is 3. The second-order valence-electron chi connectivity index (χ2n) is 5.23. The molecule has 0 spiro atoms. The number of methoxy groups -OCH3 is 1. The topological polar surface area (TPSA) is 69.0 Å². The average Bonchev–Trinajstić information content (AvgIpc) is 3.26. The van der Waals surface area contributed by atoms with Gasteiger partial charge in [0.1, 0.15) is 5.75 Å². The minimum Gasteiger partial charge on any atom is -0.497 e. The fourth-order valence-electron chi connectivity index (χ4n) is 2.08. The van der Waals surface area contributed by atoms with Gasteiger partial charge in [-0.3, -0.25) is 4.79 Å². The van der Waals surface area contributed by atoms with E-state index in [1.54, 1.807) is 7.11 Å². The van der Waals surface area contributed by atoms with E-state index in [9.17, 15) is 4.79 Å². The molecule has 1 aliphatic rings. The van der Waals surface area contributed by atoms with Crippen molar-refractivity contribution in [2.45, 2.75) is 24.0 Å². The monoisotopic (exact) mass is 318 g/mol. The van der Waals surface area contributed by atoms with E-state index in [0.717, 1.165) is 35.1 Å². The molecule has 0 radical (unpaired) electrons. The lowest BCUT2D eigenvalue weighted by atomic mass is 10.2. The number of rotatable bonds is 6. The van der Waals surface area contributed by atoms with E-state index in [1.165, 1.54) is 11.8 Å². The Labute approximate surface area is 133 Å². The van der Waals surface area contributed by atoms with E-state index in [-0.39, 0.29) is 5.91 Å². The smallest absolute Gasteiger partial charge is 0.230 e. The van der Waals surface area contributed by atoms with Crippen molar-refractivity contribution < 1.29 is 9.53 Å². The number of ether oxygens (including phenoxy) is 1. The van der Waals surface area contributed by atoms with Crippen molar-refractivity contribution in [3.63, 3.8) is 0 Å². The van der Waals surface area contributed by atoms with E-state index in [0.29, 0.717) is 11.8 Å². The van der Waals surface area contributed by atoms with Gasteiger partial charge in [0.05, 0.1) is 12.9 Å². The van der Waals surface area contributed by atoms with Crippen LogP contribution in [0.15, 0.2) is 29.4 Å². The fourth-order valence-corrected chi connectivity index (χ4v) is 2.80. The van der Waals surface area contributed by atoms with Crippen molar-refractivity contribution in [3.8, 4) is 17.1 Å². The lowest BCUT2D eigenvalue weighted by Crippen LogP contribution is -2.27. The predicted molar refractivity (Wildman–Crippen MR) is 84.9 cm³/mol. The van der Waals surface area contributed by atoms with Crippen molar-refractivity contribution in [1.82, 2.24) is 20.1 Å². The molecule has 1 aromatic heterocycles. The van der Waals surface area contributed by atoms with E-state index in [2.05, 4.69) is 15.5 Å². The molecule has 116 valence electrons. The number of carbonyl (C=O) groups is 1. The molecule has 0 saturated heterocycles. The Balaban J connectivity index is 1.69. The first-order valence-electron chi connectivity index (χ1n) is 7.13. The van der Waals surface area contributed by atoms with E-state index >= 15 is 0 Å². The SMILES string of the molecule is COc1cccc(-c2nnc(SCC(=O)NC3CC3)n2C)c1. The average molecular weight is 318 g/mol. The standard InChI is InChI=1S/C15H18N4O2S/c1-19-14(10-4-3-5-12(8-10)21-2)17-18-15(19)22-9-13(20)16-11-6-7-11/h3-5,8,11H,6-7,9H2,1-2H3,(H,16,20). The number of thioether (sulfide) groups is 1. The van der Waals surface area contributed by atoms with Crippen LogP contribution in [0.25, 0.3) is 11.4 Å². The molecule has 1 amide bonds. The maximum atomic E-state index is 11.7. The van der Waals surface area contributed by atoms with E-state index in [4.69, 9.17) is 4.74 Å². The quantitative estimate of drug-likeness (QED) is 0.823. The lowest BCUT2D eigenvalue weighted by Gasteiger charge is -2.06. The normalized spacial score (nSPS) is 13.9. The highest BCUT2D eigenvalue weighted by Crippen LogP contribution is 2.25. The summed E-state index contributed by atoms with van der Waals surface area (Å²) >= 11 is 1.40. The van der Waals surface area contributed by atoms with Gasteiger partial charge < -0.3 is 14.6 Å². The zero-order valence-corrected chi connectivity index (χ0v) is 13.4. The number of benzene rings is 1. The lowest BCUT2D eigenvalue weighted by molar-refractivity contribution is -0.118. The zero-order chi connectivity index (χ0) is 15.5. The van der Waals surface area contributed by atoms with Crippen molar-refractivity contribution in [3.05, 3.63) is 24.3 Å². The fraction of sp³-hybridized carbons (Fsp3) is 0.400. The third kappa shape index (κ3) is 3.41. The molecule has 0 unspecified atom stereocenters. The summed E-state index contributed by atoms with van der Waals surface area (Å²) in [4.78, 5) is 11.7. The van der Waals surface area contributed by atoms with Crippen LogP contribution in [0.5, 0.6) is 5.75 Å². The Morgan fingerprint density at radius 1 is 1.45 bits per heavy atom. The molecule has 1 fully saturated rings. The summed E-state index contributed by atoms with van der Waals surface area (Å²) in [6, 6.07) is 8.06. The predicted octanol–water partition coefficient (Wildman–Crippen LogP) is 1.86. The Morgan fingerprint density at radius 3 is 3.00 bits per heavy atom. The van der Waals surface area contributed by atoms with Gasteiger partial charge in [-0.1, -0.05) is 23.9 Å². The molecule has 0 atom stereocenters. The van der Waals surface area contributed by atoms with Gasteiger partial charge in [-0.15, -0.1) is 10.2 Å². The molecule has 6 nitrogen and oxygen atoms in total. The minimum absolute atomic E-state index is 0.0541. The van der Waals surface area contributed by atoms with Crippen molar-refractivity contribution in [2.24, 2.45) is 7.05 Å². The molecule has 1 N–H and O–H groups in total. The molecule has 1 aliphatic carbocycles. The molecule has 0 aliphatic heterocycles. The van der Waals surface area contributed by atoms with Crippen LogP contribution in [0.4, 0.5) is 0 Å². The summed E-state index contributed by atoms with van der Waals surface area (Å²) < 4.78 is 7.12. The first-order chi connectivity index (χ1) is 10.7. The van der Waals surface area contributed by atoms with Gasteiger partial charge in [-0.05, 0) is 25.0 Å². The number of nitrogens with zero attached hydrogens (tertiary/aromatic N) is 3. The highest BCUT2D eigenvalue weighted by molar-refractivity contribution is 7.99. The molecule has 1 saturated carbocycles. The first kappa shape index (κ1) is 14.9. The third-order valence-electron chi connectivity index (χ3n) is 3.44. The van der Waals surface area contributed by atoms with Crippen LogP contribution in [-0.2, 0) is 11.8 Å². The van der Waals surface area contributed by atoms with Crippen LogP contribution in [0.3, 0.4) is 0 Å². The van der Waals surface area contributed by atoms with Crippen LogP contribution in [0.2, 0.25) is 0 Å². The molecule has 7 heteroatoms. The van der Waals surface area contributed by atoms with Gasteiger partial charge >= 0.3 is 0 Å². The number of hydrogen-bond donors (Lipinski definition) is 1. The highest BCUT2D eigenvalue weighted by Gasteiger charge is 2.23. The molecule has 3 rings (SSSR count). The van der Waals surface area contributed by atoms with Crippen molar-refractivity contribution >= 4 is 17.7 Å². The molecule has 2 aromatic rings. The Kier molecular flexibility index (Phi) is 4.33. The molecule has 1 aromatic carbocycles. The number of nitrogens with one attached hydrogen (secondary N) is 1. The van der Waals surface area contributed by atoms with Gasteiger partial charge in [-0.2, -0.15) is 0 Å². The highest BCUT2D eigenvalue weighted by atomic mass is 32.2. The van der Waals surface area contributed by atoms with Gasteiger partial charge in [0.2, 0.25) is 5.91 Å². The van der Waals surface area contributed by atoms with Crippen molar-refractivity contribution in [1.29, 1.82) is 0 Å². The summed E-state index contributed by atoms with van der Waals surface area (Å²) in [5, 5.41) is 12.1. The summed E-state index contributed by atoms with van der Waals surface area (Å²) in [5.74, 6) is 1.95. The summed E-state index contributed by atoms with van der Waals surface area (Å²) in [6.07, 6.45) is 2.20. The van der Waals surface area contributed by atoms with Crippen molar-refractivity contribution in [2.75, 3.05) is 12.9 Å². The molecular formula is C15H18N4O2S. The van der Waals surface area contributed by atoms with Crippen LogP contribution in [0.1, 0.15) is 12.8 Å². The Morgan fingerprint density at radius 2 is 2.27 bits per heavy atom. The summed E-state index contributed by atoms with van der Waals surface area (Å²) in [5.41, 5.74) is 0.934. The van der Waals surface area contributed by atoms with Crippen LogP contribution < -0.4 is 10.1 Å². The maximum absolute atomic E-state index is 11.7. The third-order valence-corrected chi connectivity index (χ3v) is 4.46. The number of carbonyl (C=O) groups excluding carboxylic acids is 1. The van der Waals surface area contributed by atoms with Crippen LogP contribution in [0, 0.1) is 0 Å². The van der Waals surface area contributed by atoms with Gasteiger partial charge in [0.15, 0.2) is 11.0 Å². The van der Waals surface area contributed by atoms with E-state index < -0.39 is 0 Å². The van der Waals surface area contributed by atoms with Crippen LogP contribution >= 0.6 is 11.8 Å². The largest absolute Gasteiger partial charge is 0.497 e. The zero-order valence-electron chi connectivity index (χ0n) is 12.6. The van der Waals surface area contributed by atoms with Crippen LogP contribution in [-0.4, -0.2) is 39.6 Å². The number of amides is 1. The maximum Gasteiger partial charge on any atom is 0.230 e.